The van der Waals surface area contributed by atoms with Crippen molar-refractivity contribution in [3.05, 3.63) is 23.5 Å². The lowest BCUT2D eigenvalue weighted by molar-refractivity contribution is -0.136. The molecule has 0 aromatic heterocycles. The largest absolute Gasteiger partial charge is 0.512 e. The topological polar surface area (TPSA) is 57.5 Å². The van der Waals surface area contributed by atoms with E-state index in [1.165, 1.54) is 0 Å². The summed E-state index contributed by atoms with van der Waals surface area (Å²) < 4.78 is 0. The van der Waals surface area contributed by atoms with Crippen molar-refractivity contribution in [2.24, 2.45) is 10.8 Å². The molecule has 0 aromatic rings. The van der Waals surface area contributed by atoms with E-state index in [1.54, 1.807) is 6.08 Å². The van der Waals surface area contributed by atoms with Gasteiger partial charge in [-0.25, -0.2) is 0 Å². The van der Waals surface area contributed by atoms with Crippen molar-refractivity contribution in [3.8, 4) is 0 Å². The fourth-order valence-electron chi connectivity index (χ4n) is 2.07. The van der Waals surface area contributed by atoms with Gasteiger partial charge in [0.1, 0.15) is 0 Å². The number of carbonyl (C=O) groups is 1. The Kier molecular flexibility index (Phi) is 3.70. The summed E-state index contributed by atoms with van der Waals surface area (Å²) in [6.45, 7) is 8.32. The lowest BCUT2D eigenvalue weighted by atomic mass is 9.62. The normalized spacial score (nSPS) is 25.2. The van der Waals surface area contributed by atoms with Gasteiger partial charge in [0.2, 0.25) is 0 Å². The van der Waals surface area contributed by atoms with Crippen LogP contribution in [0.25, 0.3) is 0 Å². The van der Waals surface area contributed by atoms with Gasteiger partial charge in [0.15, 0.2) is 0 Å². The molecule has 0 heterocycles. The molecule has 17 heavy (non-hydrogen) atoms. The molecule has 0 bridgehead atoms. The van der Waals surface area contributed by atoms with Gasteiger partial charge < -0.3 is 10.2 Å². The highest BCUT2D eigenvalue weighted by atomic mass is 16.4. The number of hydrogen-bond donors (Lipinski definition) is 2. The Morgan fingerprint density at radius 2 is 2.00 bits per heavy atom. The summed E-state index contributed by atoms with van der Waals surface area (Å²) in [4.78, 5) is 10.6. The van der Waals surface area contributed by atoms with Gasteiger partial charge in [-0.2, -0.15) is 0 Å². The minimum absolute atomic E-state index is 0.0592. The maximum atomic E-state index is 10.6. The van der Waals surface area contributed by atoms with Gasteiger partial charge in [-0.1, -0.05) is 39.3 Å². The molecule has 96 valence electrons. The predicted molar refractivity (Wildman–Crippen MR) is 67.8 cm³/mol. The Hall–Kier alpha value is -1.25. The Morgan fingerprint density at radius 1 is 1.41 bits per heavy atom. The molecule has 0 spiro atoms. The van der Waals surface area contributed by atoms with Gasteiger partial charge >= 0.3 is 5.97 Å². The van der Waals surface area contributed by atoms with Crippen LogP contribution in [-0.2, 0) is 4.79 Å². The van der Waals surface area contributed by atoms with Crippen LogP contribution in [0.2, 0.25) is 0 Å². The van der Waals surface area contributed by atoms with E-state index in [0.717, 1.165) is 12.0 Å². The van der Waals surface area contributed by atoms with E-state index < -0.39 is 5.97 Å². The molecule has 0 aliphatic heterocycles. The summed E-state index contributed by atoms with van der Waals surface area (Å²) in [6, 6.07) is 0. The quantitative estimate of drug-likeness (QED) is 0.788. The number of carboxylic acid groups (broad SMARTS) is 1. The number of carboxylic acids is 1. The van der Waals surface area contributed by atoms with Gasteiger partial charge in [0.25, 0.3) is 0 Å². The molecule has 1 unspecified atom stereocenters. The van der Waals surface area contributed by atoms with Crippen LogP contribution in [0.15, 0.2) is 23.5 Å². The molecule has 1 rings (SSSR count). The zero-order valence-corrected chi connectivity index (χ0v) is 11.1. The van der Waals surface area contributed by atoms with Gasteiger partial charge in [0, 0.05) is 11.8 Å². The first-order valence-corrected chi connectivity index (χ1v) is 5.98. The van der Waals surface area contributed by atoms with Gasteiger partial charge in [-0.15, -0.1) is 0 Å². The minimum Gasteiger partial charge on any atom is -0.512 e. The molecular formula is C14H22O3. The van der Waals surface area contributed by atoms with Crippen molar-refractivity contribution in [2.75, 3.05) is 0 Å². The first kappa shape index (κ1) is 13.8. The summed E-state index contributed by atoms with van der Waals surface area (Å²) in [7, 11) is 0. The molecular weight excluding hydrogens is 216 g/mol. The molecule has 0 saturated heterocycles. The number of rotatable bonds is 3. The summed E-state index contributed by atoms with van der Waals surface area (Å²) in [6.07, 6.45) is 5.01. The second-order valence-corrected chi connectivity index (χ2v) is 6.03. The first-order valence-electron chi connectivity index (χ1n) is 5.98. The van der Waals surface area contributed by atoms with Crippen molar-refractivity contribution >= 4 is 5.97 Å². The predicted octanol–water partition coefficient (Wildman–Crippen LogP) is 3.68. The van der Waals surface area contributed by atoms with Crippen molar-refractivity contribution in [3.63, 3.8) is 0 Å². The molecule has 3 heteroatoms. The smallest absolute Gasteiger partial charge is 0.303 e. The van der Waals surface area contributed by atoms with Gasteiger partial charge in [-0.3, -0.25) is 4.79 Å². The number of hydrogen-bond acceptors (Lipinski definition) is 2. The molecule has 0 radical (unpaired) electrons. The third-order valence-corrected chi connectivity index (χ3v) is 3.94. The Morgan fingerprint density at radius 3 is 2.47 bits per heavy atom. The van der Waals surface area contributed by atoms with E-state index in [1.807, 2.05) is 13.0 Å². The van der Waals surface area contributed by atoms with Crippen LogP contribution < -0.4 is 0 Å². The van der Waals surface area contributed by atoms with Gasteiger partial charge in [-0.05, 0) is 24.3 Å². The third-order valence-electron chi connectivity index (χ3n) is 3.94. The molecule has 1 atom stereocenters. The molecule has 3 nitrogen and oxygen atoms in total. The highest BCUT2D eigenvalue weighted by Gasteiger charge is 2.42. The van der Waals surface area contributed by atoms with Crippen molar-refractivity contribution in [1.82, 2.24) is 0 Å². The highest BCUT2D eigenvalue weighted by Crippen LogP contribution is 2.50. The molecule has 0 aromatic carbocycles. The Balaban J connectivity index is 2.86. The zero-order valence-electron chi connectivity index (χ0n) is 11.1. The highest BCUT2D eigenvalue weighted by molar-refractivity contribution is 5.67. The van der Waals surface area contributed by atoms with Crippen LogP contribution in [0.5, 0.6) is 0 Å². The zero-order chi connectivity index (χ0) is 13.3. The van der Waals surface area contributed by atoms with Crippen molar-refractivity contribution < 1.29 is 15.0 Å². The molecule has 0 amide bonds. The maximum absolute atomic E-state index is 10.6. The SMILES string of the molecule is CC(C)(C)C1(C)CC(CCC(=O)O)=CC=C1O. The average molecular weight is 238 g/mol. The van der Waals surface area contributed by atoms with Gasteiger partial charge in [0.05, 0.1) is 5.76 Å². The number of aliphatic hydroxyl groups excluding tert-OH is 1. The van der Waals surface area contributed by atoms with Crippen LogP contribution in [0.3, 0.4) is 0 Å². The van der Waals surface area contributed by atoms with E-state index >= 15 is 0 Å². The number of aliphatic carboxylic acids is 1. The van der Waals surface area contributed by atoms with E-state index in [2.05, 4.69) is 20.8 Å². The molecule has 1 aliphatic carbocycles. The molecule has 0 saturated carbocycles. The second-order valence-electron chi connectivity index (χ2n) is 6.03. The fraction of sp³-hybridized carbons (Fsp3) is 0.643. The van der Waals surface area contributed by atoms with E-state index in [9.17, 15) is 9.90 Å². The maximum Gasteiger partial charge on any atom is 0.303 e. The summed E-state index contributed by atoms with van der Waals surface area (Å²) in [5.41, 5.74) is 0.731. The van der Waals surface area contributed by atoms with Crippen molar-refractivity contribution in [1.29, 1.82) is 0 Å². The third kappa shape index (κ3) is 2.90. The number of aliphatic hydroxyl groups is 1. The standard InChI is InChI=1S/C14H22O3/c1-13(2,3)14(4)9-10(5-7-11(14)15)6-8-12(16)17/h5,7,15H,6,8-9H2,1-4H3,(H,16,17). The average Bonchev–Trinajstić information content (AvgIpc) is 2.18. The summed E-state index contributed by atoms with van der Waals surface area (Å²) in [5, 5.41) is 18.8. The van der Waals surface area contributed by atoms with Crippen molar-refractivity contribution in [2.45, 2.75) is 47.0 Å². The molecule has 1 aliphatic rings. The Bertz CT molecular complexity index is 371. The molecule has 2 N–H and O–H groups in total. The van der Waals surface area contributed by atoms with Crippen LogP contribution in [0.4, 0.5) is 0 Å². The fourth-order valence-corrected chi connectivity index (χ4v) is 2.07. The van der Waals surface area contributed by atoms with Crippen LogP contribution in [-0.4, -0.2) is 16.2 Å². The monoisotopic (exact) mass is 238 g/mol. The van der Waals surface area contributed by atoms with E-state index in [4.69, 9.17) is 5.11 Å². The van der Waals surface area contributed by atoms with Crippen LogP contribution in [0.1, 0.15) is 47.0 Å². The first-order chi connectivity index (χ1) is 7.67. The van der Waals surface area contributed by atoms with E-state index in [0.29, 0.717) is 12.2 Å². The lowest BCUT2D eigenvalue weighted by Crippen LogP contribution is -2.36. The second kappa shape index (κ2) is 4.55. The minimum atomic E-state index is -0.776. The van der Waals surface area contributed by atoms with Crippen LogP contribution >= 0.6 is 0 Å². The molecule has 0 fully saturated rings. The summed E-state index contributed by atoms with van der Waals surface area (Å²) >= 11 is 0. The Labute approximate surface area is 103 Å². The summed E-state index contributed by atoms with van der Waals surface area (Å²) in [5.74, 6) is -0.383. The lowest BCUT2D eigenvalue weighted by Gasteiger charge is -2.43. The van der Waals surface area contributed by atoms with E-state index in [-0.39, 0.29) is 17.3 Å². The van der Waals surface area contributed by atoms with Crippen LogP contribution in [0, 0.1) is 10.8 Å². The number of allylic oxidation sites excluding steroid dienone is 4.